The molecular formula is C14H20N2O. The SMILES string of the molecule is CNc1cc(C)ccc1C(=O)NCC1CC1C. The maximum absolute atomic E-state index is 12.0. The predicted octanol–water partition coefficient (Wildman–Crippen LogP) is 2.42. The highest BCUT2D eigenvalue weighted by molar-refractivity contribution is 5.99. The molecule has 92 valence electrons. The Hall–Kier alpha value is -1.51. The van der Waals surface area contributed by atoms with E-state index in [0.29, 0.717) is 5.92 Å². The third kappa shape index (κ3) is 2.78. The molecule has 0 saturated heterocycles. The van der Waals surface area contributed by atoms with Crippen molar-refractivity contribution in [1.82, 2.24) is 5.32 Å². The van der Waals surface area contributed by atoms with Gasteiger partial charge in [0, 0.05) is 19.3 Å². The van der Waals surface area contributed by atoms with Crippen molar-refractivity contribution in [2.75, 3.05) is 18.9 Å². The Morgan fingerprint density at radius 3 is 2.76 bits per heavy atom. The number of benzene rings is 1. The van der Waals surface area contributed by atoms with Crippen molar-refractivity contribution in [3.8, 4) is 0 Å². The topological polar surface area (TPSA) is 41.1 Å². The van der Waals surface area contributed by atoms with Gasteiger partial charge >= 0.3 is 0 Å². The highest BCUT2D eigenvalue weighted by Gasteiger charge is 2.32. The second-order valence-electron chi connectivity index (χ2n) is 4.98. The molecule has 0 aromatic heterocycles. The Balaban J connectivity index is 2.02. The summed E-state index contributed by atoms with van der Waals surface area (Å²) in [5.74, 6) is 1.48. The van der Waals surface area contributed by atoms with E-state index in [4.69, 9.17) is 0 Å². The van der Waals surface area contributed by atoms with Crippen LogP contribution >= 0.6 is 0 Å². The van der Waals surface area contributed by atoms with Gasteiger partial charge in [0.2, 0.25) is 0 Å². The second kappa shape index (κ2) is 4.78. The van der Waals surface area contributed by atoms with Gasteiger partial charge in [-0.05, 0) is 42.9 Å². The van der Waals surface area contributed by atoms with E-state index in [1.54, 1.807) is 0 Å². The lowest BCUT2D eigenvalue weighted by Gasteiger charge is -2.10. The Bertz CT molecular complexity index is 428. The van der Waals surface area contributed by atoms with Gasteiger partial charge in [0.05, 0.1) is 5.56 Å². The van der Waals surface area contributed by atoms with Gasteiger partial charge in [0.25, 0.3) is 5.91 Å². The summed E-state index contributed by atoms with van der Waals surface area (Å²) in [7, 11) is 1.84. The van der Waals surface area contributed by atoms with Crippen LogP contribution in [0.5, 0.6) is 0 Å². The molecule has 2 N–H and O–H groups in total. The van der Waals surface area contributed by atoms with Gasteiger partial charge in [0.15, 0.2) is 0 Å². The molecule has 3 nitrogen and oxygen atoms in total. The molecule has 1 aliphatic rings. The van der Waals surface area contributed by atoms with Crippen LogP contribution < -0.4 is 10.6 Å². The number of anilines is 1. The maximum atomic E-state index is 12.0. The Morgan fingerprint density at radius 2 is 2.18 bits per heavy atom. The fourth-order valence-electron chi connectivity index (χ4n) is 2.07. The first-order valence-electron chi connectivity index (χ1n) is 6.18. The molecule has 1 aliphatic carbocycles. The van der Waals surface area contributed by atoms with E-state index in [1.165, 1.54) is 6.42 Å². The fourth-order valence-corrected chi connectivity index (χ4v) is 2.07. The molecule has 1 aromatic rings. The van der Waals surface area contributed by atoms with Gasteiger partial charge in [-0.3, -0.25) is 4.79 Å². The first-order chi connectivity index (χ1) is 8.11. The molecule has 1 amide bonds. The third-order valence-corrected chi connectivity index (χ3v) is 3.49. The molecule has 1 aromatic carbocycles. The monoisotopic (exact) mass is 232 g/mol. The van der Waals surface area contributed by atoms with E-state index in [-0.39, 0.29) is 5.91 Å². The summed E-state index contributed by atoms with van der Waals surface area (Å²) in [6, 6.07) is 5.84. The molecule has 1 saturated carbocycles. The Morgan fingerprint density at radius 1 is 1.47 bits per heavy atom. The molecule has 1 fully saturated rings. The van der Waals surface area contributed by atoms with Crippen LogP contribution in [0, 0.1) is 18.8 Å². The van der Waals surface area contributed by atoms with E-state index in [2.05, 4.69) is 17.6 Å². The molecule has 17 heavy (non-hydrogen) atoms. The van der Waals surface area contributed by atoms with Crippen LogP contribution in [-0.4, -0.2) is 19.5 Å². The van der Waals surface area contributed by atoms with Crippen LogP contribution in [-0.2, 0) is 0 Å². The average Bonchev–Trinajstić information content (AvgIpc) is 3.02. The summed E-state index contributed by atoms with van der Waals surface area (Å²) in [6.45, 7) is 5.05. The molecular weight excluding hydrogens is 212 g/mol. The number of amides is 1. The van der Waals surface area contributed by atoms with Crippen LogP contribution in [0.2, 0.25) is 0 Å². The normalized spacial score (nSPS) is 22.1. The zero-order valence-corrected chi connectivity index (χ0v) is 10.7. The minimum absolute atomic E-state index is 0.0217. The van der Waals surface area contributed by atoms with Gasteiger partial charge in [-0.25, -0.2) is 0 Å². The van der Waals surface area contributed by atoms with Gasteiger partial charge in [-0.1, -0.05) is 13.0 Å². The molecule has 2 atom stereocenters. The lowest BCUT2D eigenvalue weighted by atomic mass is 10.1. The maximum Gasteiger partial charge on any atom is 0.253 e. The summed E-state index contributed by atoms with van der Waals surface area (Å²) in [6.07, 6.45) is 1.24. The summed E-state index contributed by atoms with van der Waals surface area (Å²) in [5, 5.41) is 6.08. The Kier molecular flexibility index (Phi) is 3.36. The average molecular weight is 232 g/mol. The van der Waals surface area contributed by atoms with E-state index in [9.17, 15) is 4.79 Å². The van der Waals surface area contributed by atoms with Gasteiger partial charge < -0.3 is 10.6 Å². The number of rotatable bonds is 4. The van der Waals surface area contributed by atoms with Crippen molar-refractivity contribution >= 4 is 11.6 Å². The predicted molar refractivity (Wildman–Crippen MR) is 70.3 cm³/mol. The molecule has 0 aliphatic heterocycles. The van der Waals surface area contributed by atoms with Gasteiger partial charge in [0.1, 0.15) is 0 Å². The number of hydrogen-bond acceptors (Lipinski definition) is 2. The van der Waals surface area contributed by atoms with Crippen LogP contribution in [0.3, 0.4) is 0 Å². The molecule has 0 radical (unpaired) electrons. The minimum Gasteiger partial charge on any atom is -0.387 e. The third-order valence-electron chi connectivity index (χ3n) is 3.49. The molecule has 0 spiro atoms. The van der Waals surface area contributed by atoms with Crippen molar-refractivity contribution in [2.45, 2.75) is 20.3 Å². The van der Waals surface area contributed by atoms with E-state index < -0.39 is 0 Å². The van der Waals surface area contributed by atoms with Crippen LogP contribution in [0.4, 0.5) is 5.69 Å². The summed E-state index contributed by atoms with van der Waals surface area (Å²) in [5.41, 5.74) is 2.78. The molecule has 0 heterocycles. The van der Waals surface area contributed by atoms with E-state index in [1.807, 2.05) is 32.2 Å². The quantitative estimate of drug-likeness (QED) is 0.837. The van der Waals surface area contributed by atoms with Crippen LogP contribution in [0.25, 0.3) is 0 Å². The highest BCUT2D eigenvalue weighted by Crippen LogP contribution is 2.36. The zero-order valence-electron chi connectivity index (χ0n) is 10.7. The largest absolute Gasteiger partial charge is 0.387 e. The molecule has 0 bridgehead atoms. The van der Waals surface area contributed by atoms with Gasteiger partial charge in [-0.2, -0.15) is 0 Å². The van der Waals surface area contributed by atoms with Crippen LogP contribution in [0.15, 0.2) is 18.2 Å². The Labute approximate surface area is 103 Å². The van der Waals surface area contributed by atoms with E-state index in [0.717, 1.165) is 29.3 Å². The van der Waals surface area contributed by atoms with Gasteiger partial charge in [-0.15, -0.1) is 0 Å². The molecule has 2 rings (SSSR count). The summed E-state index contributed by atoms with van der Waals surface area (Å²) >= 11 is 0. The second-order valence-corrected chi connectivity index (χ2v) is 4.98. The van der Waals surface area contributed by atoms with Crippen LogP contribution in [0.1, 0.15) is 29.3 Å². The van der Waals surface area contributed by atoms with E-state index >= 15 is 0 Å². The lowest BCUT2D eigenvalue weighted by Crippen LogP contribution is -2.26. The fraction of sp³-hybridized carbons (Fsp3) is 0.500. The smallest absolute Gasteiger partial charge is 0.253 e. The van der Waals surface area contributed by atoms with Crippen molar-refractivity contribution < 1.29 is 4.79 Å². The van der Waals surface area contributed by atoms with Crippen molar-refractivity contribution in [3.05, 3.63) is 29.3 Å². The number of carbonyl (C=O) groups is 1. The molecule has 3 heteroatoms. The standard InChI is InChI=1S/C14H20N2O/c1-9-4-5-12(13(6-9)15-3)14(17)16-8-11-7-10(11)2/h4-6,10-11,15H,7-8H2,1-3H3,(H,16,17). The number of carbonyl (C=O) groups excluding carboxylic acids is 1. The summed E-state index contributed by atoms with van der Waals surface area (Å²) < 4.78 is 0. The first kappa shape index (κ1) is 12.0. The first-order valence-corrected chi connectivity index (χ1v) is 6.18. The zero-order chi connectivity index (χ0) is 12.4. The van der Waals surface area contributed by atoms with Crippen molar-refractivity contribution in [3.63, 3.8) is 0 Å². The molecule has 2 unspecified atom stereocenters. The number of hydrogen-bond donors (Lipinski definition) is 2. The number of aryl methyl sites for hydroxylation is 1. The highest BCUT2D eigenvalue weighted by atomic mass is 16.1. The van der Waals surface area contributed by atoms with Crippen molar-refractivity contribution in [1.29, 1.82) is 0 Å². The number of nitrogens with one attached hydrogen (secondary N) is 2. The van der Waals surface area contributed by atoms with Crippen molar-refractivity contribution in [2.24, 2.45) is 11.8 Å². The lowest BCUT2D eigenvalue weighted by molar-refractivity contribution is 0.0952. The minimum atomic E-state index is 0.0217. The summed E-state index contributed by atoms with van der Waals surface area (Å²) in [4.78, 5) is 12.0.